The summed E-state index contributed by atoms with van der Waals surface area (Å²) in [6.07, 6.45) is 0. The Hall–Kier alpha value is -1.83. The Morgan fingerprint density at radius 3 is 2.68 bits per heavy atom. The number of benzene rings is 2. The molecular weight excluding hydrogens is 340 g/mol. The van der Waals surface area contributed by atoms with Crippen LogP contribution in [0.1, 0.15) is 19.4 Å². The van der Waals surface area contributed by atoms with E-state index in [0.717, 1.165) is 26.3 Å². The average Bonchev–Trinajstić information content (AvgIpc) is 2.80. The molecule has 0 bridgehead atoms. The standard InChI is InChI=1S/C18H17BrN2O/c1-18(2,11-22)10-21-15-5-3-4-12(9-20)17(15)14-7-6-13(19)8-16(14)21/h3-8,22H,10-11H2,1-2H3. The van der Waals surface area contributed by atoms with Crippen LogP contribution in [0.5, 0.6) is 0 Å². The van der Waals surface area contributed by atoms with E-state index in [1.54, 1.807) is 0 Å². The molecule has 0 saturated heterocycles. The quantitative estimate of drug-likeness (QED) is 0.753. The summed E-state index contributed by atoms with van der Waals surface area (Å²) in [5.41, 5.74) is 2.57. The highest BCUT2D eigenvalue weighted by Gasteiger charge is 2.21. The zero-order valence-electron chi connectivity index (χ0n) is 12.6. The van der Waals surface area contributed by atoms with Crippen LogP contribution >= 0.6 is 15.9 Å². The first-order valence-electron chi connectivity index (χ1n) is 7.18. The second-order valence-corrected chi connectivity index (χ2v) is 7.30. The summed E-state index contributed by atoms with van der Waals surface area (Å²) in [7, 11) is 0. The molecule has 3 rings (SSSR count). The van der Waals surface area contributed by atoms with E-state index in [1.807, 2.05) is 44.2 Å². The molecule has 2 aromatic carbocycles. The summed E-state index contributed by atoms with van der Waals surface area (Å²) in [6, 6.07) is 14.2. The van der Waals surface area contributed by atoms with Crippen molar-refractivity contribution in [1.82, 2.24) is 4.57 Å². The minimum atomic E-state index is -0.232. The van der Waals surface area contributed by atoms with Gasteiger partial charge in [-0.3, -0.25) is 0 Å². The molecular formula is C18H17BrN2O. The highest BCUT2D eigenvalue weighted by Crippen LogP contribution is 2.35. The lowest BCUT2D eigenvalue weighted by Crippen LogP contribution is -2.23. The fraction of sp³-hybridized carbons (Fsp3) is 0.278. The first kappa shape index (κ1) is 15.1. The molecule has 0 aliphatic carbocycles. The van der Waals surface area contributed by atoms with Gasteiger partial charge in [0, 0.05) is 33.8 Å². The maximum Gasteiger partial charge on any atom is 0.0998 e. The lowest BCUT2D eigenvalue weighted by atomic mass is 9.95. The molecule has 0 unspecified atom stereocenters. The van der Waals surface area contributed by atoms with Gasteiger partial charge in [-0.15, -0.1) is 0 Å². The van der Waals surface area contributed by atoms with Crippen LogP contribution in [0.15, 0.2) is 40.9 Å². The summed E-state index contributed by atoms with van der Waals surface area (Å²) in [5.74, 6) is 0. The van der Waals surface area contributed by atoms with Gasteiger partial charge >= 0.3 is 0 Å². The maximum atomic E-state index is 9.62. The molecule has 112 valence electrons. The maximum absolute atomic E-state index is 9.62. The van der Waals surface area contributed by atoms with Gasteiger partial charge in [-0.05, 0) is 24.3 Å². The Kier molecular flexibility index (Phi) is 3.72. The van der Waals surface area contributed by atoms with Crippen molar-refractivity contribution in [2.24, 2.45) is 5.41 Å². The topological polar surface area (TPSA) is 49.0 Å². The van der Waals surface area contributed by atoms with Gasteiger partial charge in [0.05, 0.1) is 22.7 Å². The predicted molar refractivity (Wildman–Crippen MR) is 92.7 cm³/mol. The van der Waals surface area contributed by atoms with Crippen molar-refractivity contribution in [3.8, 4) is 6.07 Å². The van der Waals surface area contributed by atoms with E-state index in [0.29, 0.717) is 12.1 Å². The molecule has 0 atom stereocenters. The molecule has 0 radical (unpaired) electrons. The number of fused-ring (bicyclic) bond motifs is 3. The Bertz CT molecular complexity index is 903. The van der Waals surface area contributed by atoms with Crippen LogP contribution in [-0.4, -0.2) is 16.3 Å². The number of hydrogen-bond acceptors (Lipinski definition) is 2. The zero-order valence-corrected chi connectivity index (χ0v) is 14.2. The van der Waals surface area contributed by atoms with E-state index in [9.17, 15) is 10.4 Å². The molecule has 1 heterocycles. The van der Waals surface area contributed by atoms with Crippen molar-refractivity contribution < 1.29 is 5.11 Å². The number of rotatable bonds is 3. The number of nitrogens with zero attached hydrogens (tertiary/aromatic N) is 2. The molecule has 0 fully saturated rings. The van der Waals surface area contributed by atoms with Crippen molar-refractivity contribution in [3.05, 3.63) is 46.4 Å². The first-order chi connectivity index (χ1) is 10.5. The van der Waals surface area contributed by atoms with Gasteiger partial charge in [-0.2, -0.15) is 5.26 Å². The van der Waals surface area contributed by atoms with Crippen LogP contribution in [0.3, 0.4) is 0 Å². The molecule has 0 saturated carbocycles. The predicted octanol–water partition coefficient (Wildman–Crippen LogP) is 4.45. The summed E-state index contributed by atoms with van der Waals surface area (Å²) < 4.78 is 3.20. The van der Waals surface area contributed by atoms with E-state index in [4.69, 9.17) is 0 Å². The average molecular weight is 357 g/mol. The molecule has 3 aromatic rings. The summed E-state index contributed by atoms with van der Waals surface area (Å²) in [4.78, 5) is 0. The van der Waals surface area contributed by atoms with Crippen LogP contribution < -0.4 is 0 Å². The van der Waals surface area contributed by atoms with Gasteiger partial charge in [0.2, 0.25) is 0 Å². The third kappa shape index (κ3) is 2.41. The van der Waals surface area contributed by atoms with Crippen LogP contribution in [0.2, 0.25) is 0 Å². The van der Waals surface area contributed by atoms with Crippen LogP contribution in [0.25, 0.3) is 21.8 Å². The first-order valence-corrected chi connectivity index (χ1v) is 7.97. The van der Waals surface area contributed by atoms with E-state index < -0.39 is 0 Å². The van der Waals surface area contributed by atoms with E-state index >= 15 is 0 Å². The molecule has 3 nitrogen and oxygen atoms in total. The molecule has 1 N–H and O–H groups in total. The second-order valence-electron chi connectivity index (χ2n) is 6.38. The fourth-order valence-corrected chi connectivity index (χ4v) is 3.21. The molecule has 0 spiro atoms. The Morgan fingerprint density at radius 1 is 1.23 bits per heavy atom. The number of aromatic nitrogens is 1. The van der Waals surface area contributed by atoms with Crippen molar-refractivity contribution >= 4 is 37.7 Å². The molecule has 22 heavy (non-hydrogen) atoms. The third-order valence-electron chi connectivity index (χ3n) is 3.99. The smallest absolute Gasteiger partial charge is 0.0998 e. The number of hydrogen-bond donors (Lipinski definition) is 1. The summed E-state index contributed by atoms with van der Waals surface area (Å²) in [6.45, 7) is 4.88. The lowest BCUT2D eigenvalue weighted by molar-refractivity contribution is 0.143. The molecule has 4 heteroatoms. The van der Waals surface area contributed by atoms with Gasteiger partial charge in [-0.25, -0.2) is 0 Å². The van der Waals surface area contributed by atoms with E-state index in [1.165, 1.54) is 0 Å². The Morgan fingerprint density at radius 2 is 2.00 bits per heavy atom. The number of aliphatic hydroxyl groups is 1. The number of halogens is 1. The van der Waals surface area contributed by atoms with Gasteiger partial charge in [0.15, 0.2) is 0 Å². The number of aliphatic hydroxyl groups excluding tert-OH is 1. The van der Waals surface area contributed by atoms with Gasteiger partial charge in [-0.1, -0.05) is 41.9 Å². The highest BCUT2D eigenvalue weighted by atomic mass is 79.9. The van der Waals surface area contributed by atoms with Crippen LogP contribution in [-0.2, 0) is 6.54 Å². The lowest BCUT2D eigenvalue weighted by Gasteiger charge is -2.23. The van der Waals surface area contributed by atoms with Crippen molar-refractivity contribution in [2.45, 2.75) is 20.4 Å². The minimum absolute atomic E-state index is 0.111. The minimum Gasteiger partial charge on any atom is -0.396 e. The largest absolute Gasteiger partial charge is 0.396 e. The zero-order chi connectivity index (χ0) is 15.9. The molecule has 0 amide bonds. The molecule has 0 aliphatic rings. The van der Waals surface area contributed by atoms with Crippen molar-refractivity contribution in [1.29, 1.82) is 5.26 Å². The summed E-state index contributed by atoms with van der Waals surface area (Å²) >= 11 is 3.53. The van der Waals surface area contributed by atoms with Crippen molar-refractivity contribution in [3.63, 3.8) is 0 Å². The molecule has 0 aliphatic heterocycles. The SMILES string of the molecule is CC(C)(CO)Cn1c2cc(Br)ccc2c2c(C#N)cccc21. The van der Waals surface area contributed by atoms with E-state index in [-0.39, 0.29) is 12.0 Å². The van der Waals surface area contributed by atoms with Crippen molar-refractivity contribution in [2.75, 3.05) is 6.61 Å². The number of nitriles is 1. The molecule has 1 aromatic heterocycles. The third-order valence-corrected chi connectivity index (χ3v) is 4.48. The van der Waals surface area contributed by atoms with Gasteiger partial charge < -0.3 is 9.67 Å². The van der Waals surface area contributed by atoms with Crippen LogP contribution in [0, 0.1) is 16.7 Å². The Balaban J connectivity index is 2.42. The van der Waals surface area contributed by atoms with Gasteiger partial charge in [0.1, 0.15) is 0 Å². The monoisotopic (exact) mass is 356 g/mol. The summed E-state index contributed by atoms with van der Waals surface area (Å²) in [5, 5.41) is 21.1. The Labute approximate surface area is 137 Å². The highest BCUT2D eigenvalue weighted by molar-refractivity contribution is 9.10. The fourth-order valence-electron chi connectivity index (χ4n) is 2.86. The normalized spacial score (nSPS) is 12.0. The second kappa shape index (κ2) is 5.42. The van der Waals surface area contributed by atoms with E-state index in [2.05, 4.69) is 32.6 Å². The van der Waals surface area contributed by atoms with Crippen LogP contribution in [0.4, 0.5) is 0 Å². The van der Waals surface area contributed by atoms with Gasteiger partial charge in [0.25, 0.3) is 0 Å².